The number of ether oxygens (including phenoxy) is 1. The van der Waals surface area contributed by atoms with Crippen LogP contribution in [0.1, 0.15) is 12.5 Å². The fourth-order valence-electron chi connectivity index (χ4n) is 2.17. The number of aliphatic carboxylic acids is 1. The van der Waals surface area contributed by atoms with E-state index in [4.69, 9.17) is 21.4 Å². The van der Waals surface area contributed by atoms with Gasteiger partial charge < -0.3 is 14.7 Å². The maximum absolute atomic E-state index is 10.7. The van der Waals surface area contributed by atoms with Crippen LogP contribution in [0.5, 0.6) is 0 Å². The van der Waals surface area contributed by atoms with E-state index in [0.717, 1.165) is 23.9 Å². The average molecular weight is 282 g/mol. The smallest absolute Gasteiger partial charge is 0.328 e. The van der Waals surface area contributed by atoms with Gasteiger partial charge in [-0.15, -0.1) is 0 Å². The number of nitrogens with zero attached hydrogens (tertiary/aromatic N) is 1. The molecule has 0 bridgehead atoms. The third-order valence-electron chi connectivity index (χ3n) is 3.07. The predicted octanol–water partition coefficient (Wildman–Crippen LogP) is 2.66. The summed E-state index contributed by atoms with van der Waals surface area (Å²) >= 11 is 5.98. The summed E-state index contributed by atoms with van der Waals surface area (Å²) in [6.45, 7) is 4.22. The van der Waals surface area contributed by atoms with E-state index in [1.54, 1.807) is 12.1 Å². The standard InChI is InChI=1S/C14H16ClNO3/c1-10-9-19-7-6-16(10)13-4-3-12(15)8-11(13)2-5-14(17)18/h2-5,8,10H,6-7,9H2,1H3,(H,17,18)/b5-2+. The Morgan fingerprint density at radius 2 is 2.37 bits per heavy atom. The summed E-state index contributed by atoms with van der Waals surface area (Å²) < 4.78 is 5.42. The number of anilines is 1. The van der Waals surface area contributed by atoms with Crippen LogP contribution in [0.2, 0.25) is 5.02 Å². The zero-order chi connectivity index (χ0) is 13.8. The molecule has 1 unspecified atom stereocenters. The highest BCUT2D eigenvalue weighted by Gasteiger charge is 2.20. The molecule has 1 aromatic rings. The lowest BCUT2D eigenvalue weighted by Crippen LogP contribution is -2.44. The van der Waals surface area contributed by atoms with Gasteiger partial charge in [-0.3, -0.25) is 0 Å². The van der Waals surface area contributed by atoms with Crippen LogP contribution >= 0.6 is 11.6 Å². The van der Waals surface area contributed by atoms with Crippen LogP contribution < -0.4 is 4.90 Å². The largest absolute Gasteiger partial charge is 0.478 e. The number of hydrogen-bond donors (Lipinski definition) is 1. The Kier molecular flexibility index (Phi) is 4.45. The van der Waals surface area contributed by atoms with Crippen LogP contribution in [0.3, 0.4) is 0 Å². The van der Waals surface area contributed by atoms with Gasteiger partial charge in [0.2, 0.25) is 0 Å². The maximum atomic E-state index is 10.7. The van der Waals surface area contributed by atoms with Gasteiger partial charge in [-0.2, -0.15) is 0 Å². The lowest BCUT2D eigenvalue weighted by molar-refractivity contribution is -0.131. The molecule has 102 valence electrons. The minimum Gasteiger partial charge on any atom is -0.478 e. The first-order chi connectivity index (χ1) is 9.08. The molecule has 1 atom stereocenters. The van der Waals surface area contributed by atoms with Crippen molar-refractivity contribution in [3.05, 3.63) is 34.9 Å². The summed E-state index contributed by atoms with van der Waals surface area (Å²) in [5.41, 5.74) is 1.79. The van der Waals surface area contributed by atoms with Crippen LogP contribution in [0.15, 0.2) is 24.3 Å². The van der Waals surface area contributed by atoms with Gasteiger partial charge in [0.05, 0.1) is 13.2 Å². The molecule has 1 aliphatic heterocycles. The molecule has 1 aliphatic rings. The van der Waals surface area contributed by atoms with E-state index in [1.807, 2.05) is 12.1 Å². The fraction of sp³-hybridized carbons (Fsp3) is 0.357. The monoisotopic (exact) mass is 281 g/mol. The number of hydrogen-bond acceptors (Lipinski definition) is 3. The van der Waals surface area contributed by atoms with Crippen LogP contribution in [-0.2, 0) is 9.53 Å². The first-order valence-electron chi connectivity index (χ1n) is 6.13. The molecule has 19 heavy (non-hydrogen) atoms. The summed E-state index contributed by atoms with van der Waals surface area (Å²) in [6, 6.07) is 5.77. The number of morpholine rings is 1. The van der Waals surface area contributed by atoms with Crippen molar-refractivity contribution in [3.63, 3.8) is 0 Å². The molecular formula is C14H16ClNO3. The van der Waals surface area contributed by atoms with Crippen molar-refractivity contribution in [2.45, 2.75) is 13.0 Å². The highest BCUT2D eigenvalue weighted by molar-refractivity contribution is 6.30. The van der Waals surface area contributed by atoms with E-state index in [-0.39, 0.29) is 6.04 Å². The van der Waals surface area contributed by atoms with Crippen molar-refractivity contribution >= 4 is 29.3 Å². The molecule has 4 nitrogen and oxygen atoms in total. The van der Waals surface area contributed by atoms with Gasteiger partial charge in [-0.1, -0.05) is 11.6 Å². The molecule has 0 radical (unpaired) electrons. The minimum absolute atomic E-state index is 0.256. The lowest BCUT2D eigenvalue weighted by Gasteiger charge is -2.36. The van der Waals surface area contributed by atoms with E-state index < -0.39 is 5.97 Å². The second kappa shape index (κ2) is 6.08. The Morgan fingerprint density at radius 3 is 3.05 bits per heavy atom. The average Bonchev–Trinajstić information content (AvgIpc) is 2.37. The van der Waals surface area contributed by atoms with Crippen molar-refractivity contribution in [2.75, 3.05) is 24.7 Å². The molecule has 0 aliphatic carbocycles. The van der Waals surface area contributed by atoms with Crippen molar-refractivity contribution in [1.29, 1.82) is 0 Å². The molecule has 0 aromatic heterocycles. The molecule has 0 spiro atoms. The van der Waals surface area contributed by atoms with Crippen LogP contribution in [-0.4, -0.2) is 36.9 Å². The topological polar surface area (TPSA) is 49.8 Å². The zero-order valence-corrected chi connectivity index (χ0v) is 11.4. The molecule has 0 amide bonds. The van der Waals surface area contributed by atoms with E-state index >= 15 is 0 Å². The van der Waals surface area contributed by atoms with Gasteiger partial charge in [0.15, 0.2) is 0 Å². The Morgan fingerprint density at radius 1 is 1.58 bits per heavy atom. The first kappa shape index (κ1) is 13.9. The number of carboxylic acid groups (broad SMARTS) is 1. The molecular weight excluding hydrogens is 266 g/mol. The van der Waals surface area contributed by atoms with Crippen LogP contribution in [0.4, 0.5) is 5.69 Å². The van der Waals surface area contributed by atoms with Crippen LogP contribution in [0, 0.1) is 0 Å². The summed E-state index contributed by atoms with van der Waals surface area (Å²) in [5.74, 6) is -0.971. The normalized spacial score (nSPS) is 19.9. The van der Waals surface area contributed by atoms with Crippen molar-refractivity contribution in [2.24, 2.45) is 0 Å². The number of carboxylic acids is 1. The highest BCUT2D eigenvalue weighted by atomic mass is 35.5. The molecule has 2 rings (SSSR count). The van der Waals surface area contributed by atoms with Crippen LogP contribution in [0.25, 0.3) is 6.08 Å². The third-order valence-corrected chi connectivity index (χ3v) is 3.31. The van der Waals surface area contributed by atoms with Gasteiger partial charge in [-0.05, 0) is 36.8 Å². The second-order valence-electron chi connectivity index (χ2n) is 4.49. The Hall–Kier alpha value is -1.52. The molecule has 5 heteroatoms. The SMILES string of the molecule is CC1COCCN1c1ccc(Cl)cc1/C=C/C(=O)O. The molecule has 1 aromatic carbocycles. The summed E-state index contributed by atoms with van der Waals surface area (Å²) in [6.07, 6.45) is 2.70. The highest BCUT2D eigenvalue weighted by Crippen LogP contribution is 2.28. The third kappa shape index (κ3) is 3.49. The minimum atomic E-state index is -0.971. The van der Waals surface area contributed by atoms with Crippen molar-refractivity contribution in [3.8, 4) is 0 Å². The number of halogens is 1. The Balaban J connectivity index is 2.35. The van der Waals surface area contributed by atoms with E-state index in [2.05, 4.69) is 11.8 Å². The van der Waals surface area contributed by atoms with E-state index in [1.165, 1.54) is 0 Å². The summed E-state index contributed by atoms with van der Waals surface area (Å²) in [7, 11) is 0. The molecule has 1 fully saturated rings. The number of rotatable bonds is 3. The first-order valence-corrected chi connectivity index (χ1v) is 6.50. The molecule has 0 saturated carbocycles. The van der Waals surface area contributed by atoms with E-state index in [0.29, 0.717) is 18.2 Å². The van der Waals surface area contributed by atoms with Crippen molar-refractivity contribution < 1.29 is 14.6 Å². The van der Waals surface area contributed by atoms with Gasteiger partial charge >= 0.3 is 5.97 Å². The molecule has 1 saturated heterocycles. The lowest BCUT2D eigenvalue weighted by atomic mass is 10.1. The quantitative estimate of drug-likeness (QED) is 0.866. The predicted molar refractivity (Wildman–Crippen MR) is 75.7 cm³/mol. The number of carbonyl (C=O) groups is 1. The molecule has 1 heterocycles. The Labute approximate surface area is 117 Å². The van der Waals surface area contributed by atoms with Gasteiger partial charge in [-0.25, -0.2) is 4.79 Å². The summed E-state index contributed by atoms with van der Waals surface area (Å²) in [4.78, 5) is 12.9. The van der Waals surface area contributed by atoms with E-state index in [9.17, 15) is 4.79 Å². The van der Waals surface area contributed by atoms with Crippen molar-refractivity contribution in [1.82, 2.24) is 0 Å². The second-order valence-corrected chi connectivity index (χ2v) is 4.93. The Bertz CT molecular complexity index is 501. The van der Waals surface area contributed by atoms with Gasteiger partial charge in [0.1, 0.15) is 0 Å². The summed E-state index contributed by atoms with van der Waals surface area (Å²) in [5, 5.41) is 9.34. The molecule has 1 N–H and O–H groups in total. The van der Waals surface area contributed by atoms with Gasteiger partial charge in [0.25, 0.3) is 0 Å². The van der Waals surface area contributed by atoms with Gasteiger partial charge in [0, 0.05) is 29.4 Å². The number of benzene rings is 1. The zero-order valence-electron chi connectivity index (χ0n) is 10.7. The maximum Gasteiger partial charge on any atom is 0.328 e. The fourth-order valence-corrected chi connectivity index (χ4v) is 2.35.